The largest absolute Gasteiger partial charge is 0.448 e. The first-order valence-corrected chi connectivity index (χ1v) is 10.1. The van der Waals surface area contributed by atoms with E-state index in [1.165, 1.54) is 30.4 Å². The van der Waals surface area contributed by atoms with Crippen molar-refractivity contribution >= 4 is 23.2 Å². The topological polar surface area (TPSA) is 68.3 Å². The molecule has 150 valence electrons. The van der Waals surface area contributed by atoms with Crippen LogP contribution in [0.15, 0.2) is 60.0 Å². The van der Waals surface area contributed by atoms with Crippen LogP contribution in [0.1, 0.15) is 35.8 Å². The molecule has 0 saturated heterocycles. The van der Waals surface area contributed by atoms with Crippen LogP contribution in [0.3, 0.4) is 0 Å². The van der Waals surface area contributed by atoms with Crippen LogP contribution in [0.25, 0.3) is 10.6 Å². The van der Waals surface area contributed by atoms with Crippen molar-refractivity contribution in [3.63, 3.8) is 0 Å². The molecule has 0 spiro atoms. The molecule has 1 amide bonds. The van der Waals surface area contributed by atoms with Gasteiger partial charge in [0.25, 0.3) is 5.91 Å². The molecule has 0 unspecified atom stereocenters. The standard InChI is InChI=1S/C22H21FN2O3S/c1-14(16-6-4-3-5-7-16)12-24-20(26)15(2)28-22(27)19-13-29-21(25-19)17-8-10-18(23)11-9-17/h3-11,13-15H,12H2,1-2H3,(H,24,26)/t14-,15+/m1/s1. The second-order valence-electron chi connectivity index (χ2n) is 6.65. The van der Waals surface area contributed by atoms with Gasteiger partial charge in [0.1, 0.15) is 10.8 Å². The lowest BCUT2D eigenvalue weighted by molar-refractivity contribution is -0.129. The average molecular weight is 412 g/mol. The Bertz CT molecular complexity index is 973. The Labute approximate surface area is 172 Å². The number of hydrogen-bond acceptors (Lipinski definition) is 5. The number of rotatable bonds is 7. The summed E-state index contributed by atoms with van der Waals surface area (Å²) >= 11 is 1.25. The number of nitrogens with one attached hydrogen (secondary N) is 1. The number of aromatic nitrogens is 1. The maximum absolute atomic E-state index is 13.0. The monoisotopic (exact) mass is 412 g/mol. The lowest BCUT2D eigenvalue weighted by atomic mass is 10.0. The molecular formula is C22H21FN2O3S. The average Bonchev–Trinajstić information content (AvgIpc) is 3.23. The molecule has 0 radical (unpaired) electrons. The lowest BCUT2D eigenvalue weighted by Gasteiger charge is -2.16. The Morgan fingerprint density at radius 2 is 1.79 bits per heavy atom. The van der Waals surface area contributed by atoms with Crippen molar-refractivity contribution < 1.29 is 18.7 Å². The Morgan fingerprint density at radius 1 is 1.10 bits per heavy atom. The minimum absolute atomic E-state index is 0.117. The lowest BCUT2D eigenvalue weighted by Crippen LogP contribution is -2.37. The zero-order valence-corrected chi connectivity index (χ0v) is 16.9. The third-order valence-corrected chi connectivity index (χ3v) is 5.30. The highest BCUT2D eigenvalue weighted by Crippen LogP contribution is 2.24. The molecule has 0 saturated carbocycles. The molecule has 3 rings (SSSR count). The predicted molar refractivity (Wildman–Crippen MR) is 110 cm³/mol. The van der Waals surface area contributed by atoms with Gasteiger partial charge in [-0.15, -0.1) is 11.3 Å². The van der Waals surface area contributed by atoms with Crippen LogP contribution in [0.2, 0.25) is 0 Å². The fourth-order valence-corrected chi connectivity index (χ4v) is 3.46. The number of carbonyl (C=O) groups is 2. The van der Waals surface area contributed by atoms with Gasteiger partial charge < -0.3 is 10.1 Å². The van der Waals surface area contributed by atoms with Gasteiger partial charge in [0.2, 0.25) is 0 Å². The van der Waals surface area contributed by atoms with E-state index in [9.17, 15) is 14.0 Å². The van der Waals surface area contributed by atoms with Crippen LogP contribution < -0.4 is 5.32 Å². The van der Waals surface area contributed by atoms with Crippen molar-refractivity contribution in [1.29, 1.82) is 0 Å². The van der Waals surface area contributed by atoms with E-state index in [0.29, 0.717) is 17.1 Å². The van der Waals surface area contributed by atoms with Crippen LogP contribution in [0.4, 0.5) is 4.39 Å². The molecule has 0 aliphatic carbocycles. The molecule has 29 heavy (non-hydrogen) atoms. The van der Waals surface area contributed by atoms with E-state index < -0.39 is 12.1 Å². The summed E-state index contributed by atoms with van der Waals surface area (Å²) in [5.74, 6) is -1.24. The Balaban J connectivity index is 1.53. The molecule has 0 aliphatic rings. The molecule has 2 atom stereocenters. The van der Waals surface area contributed by atoms with Crippen molar-refractivity contribution in [2.24, 2.45) is 0 Å². The van der Waals surface area contributed by atoms with Crippen molar-refractivity contribution in [2.75, 3.05) is 6.54 Å². The van der Waals surface area contributed by atoms with Gasteiger partial charge >= 0.3 is 5.97 Å². The number of halogens is 1. The second-order valence-corrected chi connectivity index (χ2v) is 7.51. The highest BCUT2D eigenvalue weighted by atomic mass is 32.1. The number of hydrogen-bond donors (Lipinski definition) is 1. The smallest absolute Gasteiger partial charge is 0.358 e. The van der Waals surface area contributed by atoms with Gasteiger partial charge in [0.05, 0.1) is 0 Å². The van der Waals surface area contributed by atoms with E-state index in [1.807, 2.05) is 37.3 Å². The number of esters is 1. The van der Waals surface area contributed by atoms with E-state index in [2.05, 4.69) is 10.3 Å². The third kappa shape index (κ3) is 5.48. The van der Waals surface area contributed by atoms with Crippen LogP contribution in [-0.4, -0.2) is 29.5 Å². The highest BCUT2D eigenvalue weighted by molar-refractivity contribution is 7.13. The Morgan fingerprint density at radius 3 is 2.48 bits per heavy atom. The third-order valence-electron chi connectivity index (χ3n) is 4.41. The zero-order chi connectivity index (χ0) is 20.8. The molecular weight excluding hydrogens is 391 g/mol. The summed E-state index contributed by atoms with van der Waals surface area (Å²) < 4.78 is 18.3. The Hall–Kier alpha value is -3.06. The fraction of sp³-hybridized carbons (Fsp3) is 0.227. The van der Waals surface area contributed by atoms with Gasteiger partial charge in [0, 0.05) is 17.5 Å². The molecule has 1 aromatic heterocycles. The number of ether oxygens (including phenoxy) is 1. The van der Waals surface area contributed by atoms with E-state index in [0.717, 1.165) is 5.56 Å². The Kier molecular flexibility index (Phi) is 6.72. The van der Waals surface area contributed by atoms with Gasteiger partial charge in [0.15, 0.2) is 11.8 Å². The first-order valence-electron chi connectivity index (χ1n) is 9.19. The molecule has 3 aromatic rings. The maximum atomic E-state index is 13.0. The van der Waals surface area contributed by atoms with Crippen molar-refractivity contribution in [2.45, 2.75) is 25.9 Å². The maximum Gasteiger partial charge on any atom is 0.358 e. The van der Waals surface area contributed by atoms with Gasteiger partial charge in [-0.05, 0) is 42.7 Å². The number of amides is 1. The number of thiazole rings is 1. The van der Waals surface area contributed by atoms with Gasteiger partial charge in [-0.3, -0.25) is 4.79 Å². The number of benzene rings is 2. The van der Waals surface area contributed by atoms with Crippen LogP contribution in [0.5, 0.6) is 0 Å². The minimum Gasteiger partial charge on any atom is -0.448 e. The van der Waals surface area contributed by atoms with Crippen molar-refractivity contribution in [3.8, 4) is 10.6 Å². The summed E-state index contributed by atoms with van der Waals surface area (Å²) in [7, 11) is 0. The van der Waals surface area contributed by atoms with E-state index in [4.69, 9.17) is 4.74 Å². The van der Waals surface area contributed by atoms with Crippen LogP contribution in [0, 0.1) is 5.82 Å². The highest BCUT2D eigenvalue weighted by Gasteiger charge is 2.21. The fourth-order valence-electron chi connectivity index (χ4n) is 2.66. The number of carbonyl (C=O) groups excluding carboxylic acids is 2. The summed E-state index contributed by atoms with van der Waals surface area (Å²) in [4.78, 5) is 28.8. The summed E-state index contributed by atoms with van der Waals surface area (Å²) in [5.41, 5.74) is 1.94. The molecule has 2 aromatic carbocycles. The molecule has 1 N–H and O–H groups in total. The second kappa shape index (κ2) is 9.43. The van der Waals surface area contributed by atoms with Crippen LogP contribution >= 0.6 is 11.3 Å². The van der Waals surface area contributed by atoms with E-state index in [1.54, 1.807) is 17.5 Å². The molecule has 7 heteroatoms. The van der Waals surface area contributed by atoms with Crippen molar-refractivity contribution in [3.05, 3.63) is 77.1 Å². The first kappa shape index (κ1) is 20.7. The summed E-state index contributed by atoms with van der Waals surface area (Å²) in [6.07, 6.45) is -0.943. The molecule has 1 heterocycles. The van der Waals surface area contributed by atoms with Gasteiger partial charge in [-0.2, -0.15) is 0 Å². The van der Waals surface area contributed by atoms with E-state index >= 15 is 0 Å². The summed E-state index contributed by atoms with van der Waals surface area (Å²) in [6, 6.07) is 15.7. The molecule has 0 fully saturated rings. The minimum atomic E-state index is -0.943. The predicted octanol–water partition coefficient (Wildman–Crippen LogP) is 4.41. The normalized spacial score (nSPS) is 12.8. The SMILES string of the molecule is C[C@H](OC(=O)c1csc(-c2ccc(F)cc2)n1)C(=O)NC[C@@H](C)c1ccccc1. The zero-order valence-electron chi connectivity index (χ0n) is 16.1. The quantitative estimate of drug-likeness (QED) is 0.584. The van der Waals surface area contributed by atoms with Gasteiger partial charge in [-0.1, -0.05) is 37.3 Å². The first-order chi connectivity index (χ1) is 13.9. The van der Waals surface area contributed by atoms with Gasteiger partial charge in [-0.25, -0.2) is 14.2 Å². The molecule has 0 bridgehead atoms. The molecule has 5 nitrogen and oxygen atoms in total. The van der Waals surface area contributed by atoms with Crippen molar-refractivity contribution in [1.82, 2.24) is 10.3 Å². The van der Waals surface area contributed by atoms with Crippen LogP contribution in [-0.2, 0) is 9.53 Å². The summed E-state index contributed by atoms with van der Waals surface area (Å²) in [5, 5.41) is 4.94. The van der Waals surface area contributed by atoms with E-state index in [-0.39, 0.29) is 23.3 Å². The number of nitrogens with zero attached hydrogens (tertiary/aromatic N) is 1. The molecule has 0 aliphatic heterocycles. The summed E-state index contributed by atoms with van der Waals surface area (Å²) in [6.45, 7) is 3.97.